The molecular formula is C12H9ClN2O2S. The SMILES string of the molecule is Nc1ccc(C(=O)O)cc1Sc1ncccc1Cl. The van der Waals surface area contributed by atoms with Gasteiger partial charge in [-0.2, -0.15) is 0 Å². The summed E-state index contributed by atoms with van der Waals surface area (Å²) >= 11 is 7.23. The molecule has 0 saturated carbocycles. The highest BCUT2D eigenvalue weighted by atomic mass is 35.5. The largest absolute Gasteiger partial charge is 0.478 e. The fourth-order valence-corrected chi connectivity index (χ4v) is 2.40. The van der Waals surface area contributed by atoms with Crippen LogP contribution in [-0.2, 0) is 0 Å². The first-order valence-electron chi connectivity index (χ1n) is 4.99. The third-order valence-electron chi connectivity index (χ3n) is 2.19. The number of carboxylic acids is 1. The number of nitrogens with two attached hydrogens (primary N) is 1. The summed E-state index contributed by atoms with van der Waals surface area (Å²) in [4.78, 5) is 15.6. The van der Waals surface area contributed by atoms with E-state index in [2.05, 4.69) is 4.98 Å². The summed E-state index contributed by atoms with van der Waals surface area (Å²) in [7, 11) is 0. The van der Waals surface area contributed by atoms with E-state index in [1.165, 1.54) is 23.9 Å². The van der Waals surface area contributed by atoms with Crippen molar-refractivity contribution in [3.63, 3.8) is 0 Å². The van der Waals surface area contributed by atoms with Crippen molar-refractivity contribution in [3.8, 4) is 0 Å². The molecule has 0 fully saturated rings. The van der Waals surface area contributed by atoms with Gasteiger partial charge in [-0.05, 0) is 30.3 Å². The molecule has 0 aliphatic rings. The first-order valence-corrected chi connectivity index (χ1v) is 6.18. The molecule has 0 bridgehead atoms. The van der Waals surface area contributed by atoms with E-state index in [9.17, 15) is 4.79 Å². The molecule has 18 heavy (non-hydrogen) atoms. The molecule has 0 aliphatic carbocycles. The van der Waals surface area contributed by atoms with Gasteiger partial charge in [-0.3, -0.25) is 0 Å². The van der Waals surface area contributed by atoms with Crippen molar-refractivity contribution in [1.82, 2.24) is 4.98 Å². The van der Waals surface area contributed by atoms with Gasteiger partial charge in [-0.25, -0.2) is 9.78 Å². The normalized spacial score (nSPS) is 10.3. The van der Waals surface area contributed by atoms with E-state index in [0.717, 1.165) is 0 Å². The smallest absolute Gasteiger partial charge is 0.335 e. The number of pyridine rings is 1. The van der Waals surface area contributed by atoms with E-state index in [-0.39, 0.29) is 5.56 Å². The first-order chi connectivity index (χ1) is 8.58. The van der Waals surface area contributed by atoms with Gasteiger partial charge in [0, 0.05) is 16.8 Å². The second-order valence-corrected chi connectivity index (χ2v) is 4.89. The minimum absolute atomic E-state index is 0.179. The van der Waals surface area contributed by atoms with Crippen molar-refractivity contribution in [1.29, 1.82) is 0 Å². The summed E-state index contributed by atoms with van der Waals surface area (Å²) in [5.74, 6) is -0.996. The monoisotopic (exact) mass is 280 g/mol. The van der Waals surface area contributed by atoms with Crippen LogP contribution >= 0.6 is 23.4 Å². The second kappa shape index (κ2) is 5.29. The summed E-state index contributed by atoms with van der Waals surface area (Å²) in [6.07, 6.45) is 1.62. The van der Waals surface area contributed by atoms with E-state index in [1.807, 2.05) is 0 Å². The number of rotatable bonds is 3. The fraction of sp³-hybridized carbons (Fsp3) is 0. The van der Waals surface area contributed by atoms with Crippen LogP contribution in [-0.4, -0.2) is 16.1 Å². The number of aromatic nitrogens is 1. The third-order valence-corrected chi connectivity index (χ3v) is 3.70. The summed E-state index contributed by atoms with van der Waals surface area (Å²) in [6.45, 7) is 0. The number of halogens is 1. The zero-order valence-electron chi connectivity index (χ0n) is 9.13. The molecular weight excluding hydrogens is 272 g/mol. The van der Waals surface area contributed by atoms with Crippen molar-refractivity contribution in [3.05, 3.63) is 47.1 Å². The van der Waals surface area contributed by atoms with E-state index in [4.69, 9.17) is 22.4 Å². The number of anilines is 1. The third kappa shape index (κ3) is 2.75. The number of carboxylic acid groups (broad SMARTS) is 1. The standard InChI is InChI=1S/C12H9ClN2O2S/c13-8-2-1-5-15-11(8)18-10-6-7(12(16)17)3-4-9(10)14/h1-6H,14H2,(H,16,17). The Labute approximate surface area is 113 Å². The zero-order chi connectivity index (χ0) is 13.1. The number of hydrogen-bond acceptors (Lipinski definition) is 4. The average Bonchev–Trinajstić information content (AvgIpc) is 2.34. The average molecular weight is 281 g/mol. The predicted octanol–water partition coefficient (Wildman–Crippen LogP) is 3.17. The molecule has 0 saturated heterocycles. The molecule has 6 heteroatoms. The van der Waals surface area contributed by atoms with Gasteiger partial charge in [0.15, 0.2) is 0 Å². The summed E-state index contributed by atoms with van der Waals surface area (Å²) < 4.78 is 0. The van der Waals surface area contributed by atoms with Gasteiger partial charge in [-0.15, -0.1) is 0 Å². The van der Waals surface area contributed by atoms with Crippen LogP contribution < -0.4 is 5.73 Å². The van der Waals surface area contributed by atoms with Crippen LogP contribution in [0, 0.1) is 0 Å². The highest BCUT2D eigenvalue weighted by molar-refractivity contribution is 7.99. The van der Waals surface area contributed by atoms with E-state index in [1.54, 1.807) is 24.4 Å². The molecule has 0 radical (unpaired) electrons. The Morgan fingerprint density at radius 2 is 2.17 bits per heavy atom. The van der Waals surface area contributed by atoms with Gasteiger partial charge in [0.25, 0.3) is 0 Å². The molecule has 3 N–H and O–H groups in total. The van der Waals surface area contributed by atoms with Gasteiger partial charge < -0.3 is 10.8 Å². The van der Waals surface area contributed by atoms with Crippen LogP contribution in [0.1, 0.15) is 10.4 Å². The Morgan fingerprint density at radius 1 is 1.39 bits per heavy atom. The molecule has 0 atom stereocenters. The maximum Gasteiger partial charge on any atom is 0.335 e. The lowest BCUT2D eigenvalue weighted by Gasteiger charge is -2.07. The quantitative estimate of drug-likeness (QED) is 0.845. The molecule has 2 aromatic rings. The van der Waals surface area contributed by atoms with Crippen molar-refractivity contribution in [2.45, 2.75) is 9.92 Å². The Bertz CT molecular complexity index is 604. The molecule has 0 unspecified atom stereocenters. The number of benzene rings is 1. The van der Waals surface area contributed by atoms with Gasteiger partial charge >= 0.3 is 5.97 Å². The van der Waals surface area contributed by atoms with Crippen LogP contribution in [0.3, 0.4) is 0 Å². The zero-order valence-corrected chi connectivity index (χ0v) is 10.7. The van der Waals surface area contributed by atoms with Crippen molar-refractivity contribution >= 4 is 35.0 Å². The van der Waals surface area contributed by atoms with Crippen LogP contribution in [0.5, 0.6) is 0 Å². The fourth-order valence-electron chi connectivity index (χ4n) is 1.31. The lowest BCUT2D eigenvalue weighted by Crippen LogP contribution is -1.98. The molecule has 0 amide bonds. The number of hydrogen-bond donors (Lipinski definition) is 2. The number of nitrogens with zero attached hydrogens (tertiary/aromatic N) is 1. The summed E-state index contributed by atoms with van der Waals surface area (Å²) in [6, 6.07) is 7.97. The maximum absolute atomic E-state index is 10.9. The molecule has 0 spiro atoms. The number of nitrogen functional groups attached to an aromatic ring is 1. The minimum atomic E-state index is -0.996. The van der Waals surface area contributed by atoms with Crippen LogP contribution in [0.15, 0.2) is 46.5 Å². The Morgan fingerprint density at radius 3 is 2.83 bits per heavy atom. The Hall–Kier alpha value is -1.72. The van der Waals surface area contributed by atoms with Gasteiger partial charge in [0.1, 0.15) is 5.03 Å². The van der Waals surface area contributed by atoms with Crippen molar-refractivity contribution < 1.29 is 9.90 Å². The van der Waals surface area contributed by atoms with Crippen LogP contribution in [0.2, 0.25) is 5.02 Å². The van der Waals surface area contributed by atoms with Crippen molar-refractivity contribution in [2.75, 3.05) is 5.73 Å². The van der Waals surface area contributed by atoms with Crippen molar-refractivity contribution in [2.24, 2.45) is 0 Å². The Kier molecular flexibility index (Phi) is 3.74. The molecule has 2 rings (SSSR count). The van der Waals surface area contributed by atoms with E-state index in [0.29, 0.717) is 20.6 Å². The summed E-state index contributed by atoms with van der Waals surface area (Å²) in [5.41, 5.74) is 6.47. The molecule has 1 aromatic heterocycles. The summed E-state index contributed by atoms with van der Waals surface area (Å²) in [5, 5.41) is 10.0. The van der Waals surface area contributed by atoms with E-state index >= 15 is 0 Å². The molecule has 0 aliphatic heterocycles. The van der Waals surface area contributed by atoms with Gasteiger partial charge in [-0.1, -0.05) is 23.4 Å². The highest BCUT2D eigenvalue weighted by Gasteiger charge is 2.10. The van der Waals surface area contributed by atoms with E-state index < -0.39 is 5.97 Å². The van der Waals surface area contributed by atoms with Crippen LogP contribution in [0.25, 0.3) is 0 Å². The molecule has 92 valence electrons. The first kappa shape index (κ1) is 12.7. The van der Waals surface area contributed by atoms with Gasteiger partial charge in [0.2, 0.25) is 0 Å². The number of carbonyl (C=O) groups is 1. The second-order valence-electron chi connectivity index (χ2n) is 3.45. The maximum atomic E-state index is 10.9. The number of aromatic carboxylic acids is 1. The molecule has 1 aromatic carbocycles. The van der Waals surface area contributed by atoms with Gasteiger partial charge in [0.05, 0.1) is 10.6 Å². The lowest BCUT2D eigenvalue weighted by atomic mass is 10.2. The molecule has 4 nitrogen and oxygen atoms in total. The minimum Gasteiger partial charge on any atom is -0.478 e. The predicted molar refractivity (Wildman–Crippen MR) is 71.2 cm³/mol. The van der Waals surface area contributed by atoms with Crippen LogP contribution in [0.4, 0.5) is 5.69 Å². The highest BCUT2D eigenvalue weighted by Crippen LogP contribution is 2.35. The lowest BCUT2D eigenvalue weighted by molar-refractivity contribution is 0.0696. The topological polar surface area (TPSA) is 76.2 Å². The Balaban J connectivity index is 2.37. The molecule has 1 heterocycles.